The van der Waals surface area contributed by atoms with Gasteiger partial charge in [-0.25, -0.2) is 9.18 Å². The van der Waals surface area contributed by atoms with Gasteiger partial charge in [0.1, 0.15) is 5.82 Å². The van der Waals surface area contributed by atoms with Crippen molar-refractivity contribution in [3.05, 3.63) is 30.1 Å². The van der Waals surface area contributed by atoms with E-state index in [1.807, 2.05) is 6.92 Å². The molecular weight excluding hydrogens is 233 g/mol. The topological polar surface area (TPSA) is 53.2 Å². The molecule has 1 saturated heterocycles. The Labute approximate surface area is 106 Å². The monoisotopic (exact) mass is 251 g/mol. The van der Waals surface area contributed by atoms with Gasteiger partial charge in [0, 0.05) is 11.2 Å². The zero-order valence-electron chi connectivity index (χ0n) is 10.4. The average molecular weight is 251 g/mol. The van der Waals surface area contributed by atoms with Crippen molar-refractivity contribution in [1.29, 1.82) is 0 Å². The van der Waals surface area contributed by atoms with Gasteiger partial charge in [-0.3, -0.25) is 0 Å². The van der Waals surface area contributed by atoms with Crippen LogP contribution in [0.1, 0.15) is 19.8 Å². The van der Waals surface area contributed by atoms with Gasteiger partial charge in [0.15, 0.2) is 0 Å². The first kappa shape index (κ1) is 12.8. The van der Waals surface area contributed by atoms with Crippen molar-refractivity contribution in [3.8, 4) is 0 Å². The van der Waals surface area contributed by atoms with Crippen LogP contribution in [0.2, 0.25) is 0 Å². The quantitative estimate of drug-likeness (QED) is 0.754. The molecule has 4 nitrogen and oxygen atoms in total. The second-order valence-electron chi connectivity index (χ2n) is 4.90. The third-order valence-electron chi connectivity index (χ3n) is 3.22. The molecule has 0 aromatic heterocycles. The van der Waals surface area contributed by atoms with Crippen LogP contribution in [0.5, 0.6) is 0 Å². The number of anilines is 1. The largest absolute Gasteiger partial charge is 0.333 e. The minimum Gasteiger partial charge on any atom is -0.333 e. The predicted molar refractivity (Wildman–Crippen MR) is 69.1 cm³/mol. The molecule has 0 saturated carbocycles. The maximum absolute atomic E-state index is 12.7. The van der Waals surface area contributed by atoms with Crippen LogP contribution in [0.15, 0.2) is 24.3 Å². The first-order valence-corrected chi connectivity index (χ1v) is 6.13. The van der Waals surface area contributed by atoms with Crippen molar-refractivity contribution in [2.75, 3.05) is 18.4 Å². The summed E-state index contributed by atoms with van der Waals surface area (Å²) in [6.07, 6.45) is 1.81. The van der Waals surface area contributed by atoms with Crippen molar-refractivity contribution in [2.24, 2.45) is 0 Å². The summed E-state index contributed by atoms with van der Waals surface area (Å²) in [6, 6.07) is 5.48. The molecule has 98 valence electrons. The maximum atomic E-state index is 12.7. The highest BCUT2D eigenvalue weighted by molar-refractivity contribution is 5.89. The number of carbonyl (C=O) groups is 1. The summed E-state index contributed by atoms with van der Waals surface area (Å²) in [5, 5.41) is 8.93. The van der Waals surface area contributed by atoms with Crippen LogP contribution in [-0.4, -0.2) is 24.7 Å². The lowest BCUT2D eigenvalue weighted by molar-refractivity contribution is 0.225. The van der Waals surface area contributed by atoms with E-state index in [4.69, 9.17) is 0 Å². The first-order valence-electron chi connectivity index (χ1n) is 6.13. The fraction of sp³-hybridized carbons (Fsp3) is 0.462. The lowest BCUT2D eigenvalue weighted by atomic mass is 9.91. The van der Waals surface area contributed by atoms with Gasteiger partial charge in [0.25, 0.3) is 0 Å². The Hall–Kier alpha value is -1.62. The normalized spacial score (nSPS) is 18.1. The van der Waals surface area contributed by atoms with Crippen molar-refractivity contribution >= 4 is 11.7 Å². The number of hydrogen-bond acceptors (Lipinski definition) is 2. The van der Waals surface area contributed by atoms with E-state index in [0.717, 1.165) is 25.9 Å². The molecule has 0 spiro atoms. The van der Waals surface area contributed by atoms with Gasteiger partial charge >= 0.3 is 6.03 Å². The Morgan fingerprint density at radius 3 is 2.50 bits per heavy atom. The van der Waals surface area contributed by atoms with E-state index in [-0.39, 0.29) is 17.4 Å². The third kappa shape index (κ3) is 3.43. The van der Waals surface area contributed by atoms with Crippen LogP contribution in [0.25, 0.3) is 0 Å². The molecular formula is C13H18FN3O. The van der Waals surface area contributed by atoms with Gasteiger partial charge in [-0.1, -0.05) is 0 Å². The smallest absolute Gasteiger partial charge is 0.319 e. The summed E-state index contributed by atoms with van der Waals surface area (Å²) in [6.45, 7) is 3.86. The van der Waals surface area contributed by atoms with Crippen LogP contribution >= 0.6 is 0 Å². The van der Waals surface area contributed by atoms with Gasteiger partial charge in [-0.15, -0.1) is 0 Å². The van der Waals surface area contributed by atoms with Crippen LogP contribution in [-0.2, 0) is 0 Å². The fourth-order valence-corrected chi connectivity index (χ4v) is 2.07. The molecule has 3 N–H and O–H groups in total. The van der Waals surface area contributed by atoms with Crippen LogP contribution in [0, 0.1) is 5.82 Å². The van der Waals surface area contributed by atoms with E-state index in [1.165, 1.54) is 12.1 Å². The zero-order chi connectivity index (χ0) is 13.0. The Kier molecular flexibility index (Phi) is 3.81. The summed E-state index contributed by atoms with van der Waals surface area (Å²) in [4.78, 5) is 11.8. The van der Waals surface area contributed by atoms with Crippen LogP contribution in [0.3, 0.4) is 0 Å². The Balaban J connectivity index is 1.90. The molecule has 1 fully saturated rings. The van der Waals surface area contributed by atoms with Gasteiger partial charge in [0.2, 0.25) is 0 Å². The van der Waals surface area contributed by atoms with E-state index < -0.39 is 0 Å². The Morgan fingerprint density at radius 2 is 1.89 bits per heavy atom. The van der Waals surface area contributed by atoms with Gasteiger partial charge < -0.3 is 16.0 Å². The van der Waals surface area contributed by atoms with E-state index in [0.29, 0.717) is 5.69 Å². The number of carbonyl (C=O) groups excluding carboxylic acids is 1. The van der Waals surface area contributed by atoms with E-state index in [9.17, 15) is 9.18 Å². The second-order valence-corrected chi connectivity index (χ2v) is 4.90. The molecule has 0 bridgehead atoms. The number of nitrogens with one attached hydrogen (secondary N) is 3. The van der Waals surface area contributed by atoms with E-state index in [1.54, 1.807) is 12.1 Å². The minimum absolute atomic E-state index is 0.171. The highest BCUT2D eigenvalue weighted by Gasteiger charge is 2.28. The van der Waals surface area contributed by atoms with Gasteiger partial charge in [0.05, 0.1) is 0 Å². The van der Waals surface area contributed by atoms with Crippen molar-refractivity contribution < 1.29 is 9.18 Å². The zero-order valence-corrected chi connectivity index (χ0v) is 10.4. The number of benzene rings is 1. The van der Waals surface area contributed by atoms with Crippen molar-refractivity contribution in [3.63, 3.8) is 0 Å². The summed E-state index contributed by atoms with van der Waals surface area (Å²) in [5.74, 6) is -0.314. The molecule has 1 aliphatic heterocycles. The van der Waals surface area contributed by atoms with Crippen LogP contribution < -0.4 is 16.0 Å². The Morgan fingerprint density at radius 1 is 1.28 bits per heavy atom. The first-order chi connectivity index (χ1) is 8.57. The number of rotatable bonds is 2. The fourth-order valence-electron chi connectivity index (χ4n) is 2.07. The summed E-state index contributed by atoms with van der Waals surface area (Å²) in [5.41, 5.74) is 0.418. The molecule has 0 unspecified atom stereocenters. The van der Waals surface area contributed by atoms with Crippen molar-refractivity contribution in [2.45, 2.75) is 25.3 Å². The average Bonchev–Trinajstić information content (AvgIpc) is 2.32. The number of hydrogen-bond donors (Lipinski definition) is 3. The lowest BCUT2D eigenvalue weighted by Crippen LogP contribution is -2.53. The number of urea groups is 1. The number of halogens is 1. The van der Waals surface area contributed by atoms with Crippen molar-refractivity contribution in [1.82, 2.24) is 10.6 Å². The van der Waals surface area contributed by atoms with Gasteiger partial charge in [-0.05, 0) is 57.1 Å². The molecule has 18 heavy (non-hydrogen) atoms. The summed E-state index contributed by atoms with van der Waals surface area (Å²) < 4.78 is 12.7. The molecule has 1 aromatic rings. The molecule has 2 amide bonds. The number of piperidine rings is 1. The summed E-state index contributed by atoms with van der Waals surface area (Å²) >= 11 is 0. The number of amides is 2. The predicted octanol–water partition coefficient (Wildman–Crippen LogP) is 2.09. The summed E-state index contributed by atoms with van der Waals surface area (Å²) in [7, 11) is 0. The standard InChI is InChI=1S/C13H18FN3O/c1-13(6-8-15-9-7-13)17-12(18)16-11-4-2-10(14)3-5-11/h2-5,15H,6-9H2,1H3,(H2,16,17,18). The molecule has 0 radical (unpaired) electrons. The van der Waals surface area contributed by atoms with Crippen LogP contribution in [0.4, 0.5) is 14.9 Å². The van der Waals surface area contributed by atoms with Gasteiger partial charge in [-0.2, -0.15) is 0 Å². The SMILES string of the molecule is CC1(NC(=O)Nc2ccc(F)cc2)CCNCC1. The maximum Gasteiger partial charge on any atom is 0.319 e. The minimum atomic E-state index is -0.314. The third-order valence-corrected chi connectivity index (χ3v) is 3.22. The Bertz CT molecular complexity index is 413. The second kappa shape index (κ2) is 5.35. The molecule has 5 heteroatoms. The molecule has 1 heterocycles. The molecule has 2 rings (SSSR count). The highest BCUT2D eigenvalue weighted by Crippen LogP contribution is 2.17. The van der Waals surface area contributed by atoms with E-state index in [2.05, 4.69) is 16.0 Å². The molecule has 0 aliphatic carbocycles. The lowest BCUT2D eigenvalue weighted by Gasteiger charge is -2.34. The highest BCUT2D eigenvalue weighted by atomic mass is 19.1. The molecule has 0 atom stereocenters. The molecule has 1 aromatic carbocycles. The van der Waals surface area contributed by atoms with E-state index >= 15 is 0 Å². The molecule has 1 aliphatic rings.